The molecule has 5 nitrogen and oxygen atoms in total. The molecule has 0 amide bonds. The van der Waals surface area contributed by atoms with Crippen molar-refractivity contribution in [2.75, 3.05) is 5.75 Å². The molecule has 0 bridgehead atoms. The van der Waals surface area contributed by atoms with E-state index in [-0.39, 0.29) is 23.0 Å². The van der Waals surface area contributed by atoms with Crippen LogP contribution in [0.5, 0.6) is 0 Å². The van der Waals surface area contributed by atoms with Crippen molar-refractivity contribution in [2.24, 2.45) is 0 Å². The fourth-order valence-electron chi connectivity index (χ4n) is 2.37. The van der Waals surface area contributed by atoms with Gasteiger partial charge in [-0.1, -0.05) is 11.8 Å². The Balaban J connectivity index is 2.19. The van der Waals surface area contributed by atoms with Crippen LogP contribution in [-0.4, -0.2) is 32.2 Å². The van der Waals surface area contributed by atoms with Crippen molar-refractivity contribution in [1.29, 1.82) is 0 Å². The normalized spacial score (nSPS) is 12.4. The number of aromatic nitrogens is 3. The molecule has 0 aromatic carbocycles. The second-order valence-corrected chi connectivity index (χ2v) is 6.60. The molecular weight excluding hydrogens is 400 g/mol. The number of carbonyl (C=O) groups excluding carboxylic acids is 1. The average Bonchev–Trinajstić information content (AvgIpc) is 2.78. The molecule has 0 radical (unpaired) electrons. The molecule has 2 heterocycles. The Kier molecular flexibility index (Phi) is 5.78. The van der Waals surface area contributed by atoms with Crippen molar-refractivity contribution in [3.05, 3.63) is 45.1 Å². The summed E-state index contributed by atoms with van der Waals surface area (Å²) >= 11 is 0.557. The number of alkyl halides is 6. The van der Waals surface area contributed by atoms with Gasteiger partial charge in [-0.25, -0.2) is 4.98 Å². The highest BCUT2D eigenvalue weighted by molar-refractivity contribution is 7.99. The predicted octanol–water partition coefficient (Wildman–Crippen LogP) is 3.74. The second kappa shape index (κ2) is 7.41. The molecule has 0 aliphatic carbocycles. The standard InChI is InChI=1S/C15H13F6N3O2S/c1-7-3-9(8(2)24(7)6-14(16,17)18)10(25)5-27-13-22-11(15(19,20)21)4-12(26)23-13/h3-4H,5-6H2,1-2H3,(H,22,23,26). The summed E-state index contributed by atoms with van der Waals surface area (Å²) in [6.07, 6.45) is -9.29. The summed E-state index contributed by atoms with van der Waals surface area (Å²) < 4.78 is 76.7. The number of aryl methyl sites for hydroxylation is 1. The van der Waals surface area contributed by atoms with Crippen molar-refractivity contribution in [2.45, 2.75) is 37.9 Å². The quantitative estimate of drug-likeness (QED) is 0.351. The summed E-state index contributed by atoms with van der Waals surface area (Å²) in [5.41, 5.74) is -2.08. The van der Waals surface area contributed by atoms with Gasteiger partial charge in [-0.15, -0.1) is 0 Å². The number of rotatable bonds is 5. The molecule has 0 aliphatic rings. The van der Waals surface area contributed by atoms with Crippen LogP contribution in [0.15, 0.2) is 22.1 Å². The van der Waals surface area contributed by atoms with Crippen molar-refractivity contribution in [3.63, 3.8) is 0 Å². The number of nitrogens with zero attached hydrogens (tertiary/aromatic N) is 2. The Morgan fingerprint density at radius 1 is 1.19 bits per heavy atom. The van der Waals surface area contributed by atoms with Crippen LogP contribution in [0.2, 0.25) is 0 Å². The van der Waals surface area contributed by atoms with Gasteiger partial charge >= 0.3 is 12.4 Å². The minimum atomic E-state index is -4.82. The van der Waals surface area contributed by atoms with Crippen LogP contribution in [0, 0.1) is 13.8 Å². The number of carbonyl (C=O) groups is 1. The van der Waals surface area contributed by atoms with Crippen molar-refractivity contribution in [3.8, 4) is 0 Å². The molecule has 2 aromatic rings. The summed E-state index contributed by atoms with van der Waals surface area (Å²) in [5.74, 6) is -0.998. The van der Waals surface area contributed by atoms with E-state index in [2.05, 4.69) is 9.97 Å². The highest BCUT2D eigenvalue weighted by Crippen LogP contribution is 2.28. The van der Waals surface area contributed by atoms with Gasteiger partial charge in [-0.05, 0) is 19.9 Å². The summed E-state index contributed by atoms with van der Waals surface area (Å²) in [6, 6.07) is 1.57. The first-order valence-electron chi connectivity index (χ1n) is 7.36. The molecule has 2 rings (SSSR count). The highest BCUT2D eigenvalue weighted by Gasteiger charge is 2.34. The highest BCUT2D eigenvalue weighted by atomic mass is 32.2. The Morgan fingerprint density at radius 3 is 2.37 bits per heavy atom. The van der Waals surface area contributed by atoms with Gasteiger partial charge < -0.3 is 9.55 Å². The number of Topliss-reactive ketones (excluding diaryl/α,β-unsaturated/α-hetero) is 1. The molecule has 0 aliphatic heterocycles. The number of nitrogens with one attached hydrogen (secondary N) is 1. The molecule has 0 atom stereocenters. The summed E-state index contributed by atoms with van der Waals surface area (Å²) in [4.78, 5) is 28.9. The fourth-order valence-corrected chi connectivity index (χ4v) is 3.13. The SMILES string of the molecule is Cc1cc(C(=O)CSc2nc(C(F)(F)F)cc(=O)[nH]2)c(C)n1CC(F)(F)F. The first-order valence-corrected chi connectivity index (χ1v) is 8.34. The topological polar surface area (TPSA) is 67.8 Å². The number of hydrogen-bond donors (Lipinski definition) is 1. The molecule has 27 heavy (non-hydrogen) atoms. The molecule has 2 aromatic heterocycles. The summed E-state index contributed by atoms with van der Waals surface area (Å²) in [6.45, 7) is 1.50. The molecular formula is C15H13F6N3O2S. The maximum absolute atomic E-state index is 12.7. The van der Waals surface area contributed by atoms with E-state index in [1.807, 2.05) is 0 Å². The lowest BCUT2D eigenvalue weighted by Crippen LogP contribution is -2.20. The lowest BCUT2D eigenvalue weighted by atomic mass is 10.2. The van der Waals surface area contributed by atoms with E-state index in [9.17, 15) is 35.9 Å². The van der Waals surface area contributed by atoms with Gasteiger partial charge in [0, 0.05) is 23.0 Å². The van der Waals surface area contributed by atoms with Crippen LogP contribution >= 0.6 is 11.8 Å². The third kappa shape index (κ3) is 5.37. The third-order valence-electron chi connectivity index (χ3n) is 3.56. The van der Waals surface area contributed by atoms with E-state index in [0.717, 1.165) is 4.57 Å². The molecule has 1 N–H and O–H groups in total. The third-order valence-corrected chi connectivity index (χ3v) is 4.44. The number of thioether (sulfide) groups is 1. The Labute approximate surface area is 152 Å². The lowest BCUT2D eigenvalue weighted by Gasteiger charge is -2.12. The van der Waals surface area contributed by atoms with Gasteiger partial charge in [0.25, 0.3) is 5.56 Å². The van der Waals surface area contributed by atoms with E-state index in [1.54, 1.807) is 0 Å². The molecule has 0 unspecified atom stereocenters. The van der Waals surface area contributed by atoms with E-state index >= 15 is 0 Å². The van der Waals surface area contributed by atoms with E-state index in [1.165, 1.54) is 19.9 Å². The summed E-state index contributed by atoms with van der Waals surface area (Å²) in [5, 5.41) is -0.410. The second-order valence-electron chi connectivity index (χ2n) is 5.63. The van der Waals surface area contributed by atoms with Crippen LogP contribution in [0.3, 0.4) is 0 Å². The predicted molar refractivity (Wildman–Crippen MR) is 84.9 cm³/mol. The largest absolute Gasteiger partial charge is 0.433 e. The molecule has 0 saturated heterocycles. The van der Waals surface area contributed by atoms with Gasteiger partial charge in [0.15, 0.2) is 16.6 Å². The van der Waals surface area contributed by atoms with Crippen molar-refractivity contribution in [1.82, 2.24) is 14.5 Å². The zero-order chi connectivity index (χ0) is 20.6. The van der Waals surface area contributed by atoms with Gasteiger partial charge in [-0.3, -0.25) is 9.59 Å². The number of H-pyrrole nitrogens is 1. The van der Waals surface area contributed by atoms with E-state index in [0.29, 0.717) is 11.8 Å². The van der Waals surface area contributed by atoms with Crippen LogP contribution in [0.4, 0.5) is 26.3 Å². The zero-order valence-electron chi connectivity index (χ0n) is 14.0. The number of halogens is 6. The Bertz CT molecular complexity index is 914. The fraction of sp³-hybridized carbons (Fsp3) is 0.400. The first kappa shape index (κ1) is 21.1. The lowest BCUT2D eigenvalue weighted by molar-refractivity contribution is -0.142. The van der Waals surface area contributed by atoms with Crippen LogP contribution in [-0.2, 0) is 12.7 Å². The number of ketones is 1. The maximum Gasteiger partial charge on any atom is 0.433 e. The minimum absolute atomic E-state index is 0.0265. The zero-order valence-corrected chi connectivity index (χ0v) is 14.8. The maximum atomic E-state index is 12.7. The van der Waals surface area contributed by atoms with E-state index < -0.39 is 46.8 Å². The van der Waals surface area contributed by atoms with Crippen LogP contribution in [0.25, 0.3) is 0 Å². The molecule has 0 fully saturated rings. The van der Waals surface area contributed by atoms with E-state index in [4.69, 9.17) is 0 Å². The number of aromatic amines is 1. The van der Waals surface area contributed by atoms with Gasteiger partial charge in [-0.2, -0.15) is 26.3 Å². The number of hydrogen-bond acceptors (Lipinski definition) is 4. The van der Waals surface area contributed by atoms with Crippen LogP contribution < -0.4 is 5.56 Å². The Hall–Kier alpha value is -2.24. The minimum Gasteiger partial charge on any atom is -0.339 e. The smallest absolute Gasteiger partial charge is 0.339 e. The first-order chi connectivity index (χ1) is 12.3. The average molecular weight is 413 g/mol. The van der Waals surface area contributed by atoms with Crippen LogP contribution in [0.1, 0.15) is 27.4 Å². The van der Waals surface area contributed by atoms with Crippen molar-refractivity contribution < 1.29 is 31.1 Å². The molecule has 148 valence electrons. The van der Waals surface area contributed by atoms with Gasteiger partial charge in [0.2, 0.25) is 0 Å². The van der Waals surface area contributed by atoms with Crippen molar-refractivity contribution >= 4 is 17.5 Å². The van der Waals surface area contributed by atoms with Gasteiger partial charge in [0.1, 0.15) is 6.54 Å². The monoisotopic (exact) mass is 413 g/mol. The molecule has 0 spiro atoms. The summed E-state index contributed by atoms with van der Waals surface area (Å²) in [7, 11) is 0. The molecule has 0 saturated carbocycles. The van der Waals surface area contributed by atoms with Gasteiger partial charge in [0.05, 0.1) is 5.75 Å². The molecule has 12 heteroatoms. The Morgan fingerprint density at radius 2 is 1.81 bits per heavy atom.